The molecule has 0 saturated carbocycles. The summed E-state index contributed by atoms with van der Waals surface area (Å²) in [7, 11) is 0. The lowest BCUT2D eigenvalue weighted by molar-refractivity contribution is -0.147. The van der Waals surface area contributed by atoms with E-state index < -0.39 is 10.8 Å². The van der Waals surface area contributed by atoms with Crippen LogP contribution in [0.15, 0.2) is 23.3 Å². The van der Waals surface area contributed by atoms with E-state index in [2.05, 4.69) is 0 Å². The van der Waals surface area contributed by atoms with Crippen molar-refractivity contribution >= 4 is 23.5 Å². The van der Waals surface area contributed by atoms with E-state index in [1.54, 1.807) is 0 Å². The fraction of sp³-hybridized carbons (Fsp3) is 0.733. The lowest BCUT2D eigenvalue weighted by atomic mass is 9.70. The summed E-state index contributed by atoms with van der Waals surface area (Å²) in [6.07, 6.45) is 9.54. The lowest BCUT2D eigenvalue weighted by Crippen LogP contribution is -2.30. The summed E-state index contributed by atoms with van der Waals surface area (Å²) >= 11 is 0. The van der Waals surface area contributed by atoms with Crippen molar-refractivity contribution in [1.82, 2.24) is 0 Å². The summed E-state index contributed by atoms with van der Waals surface area (Å²) in [5.74, 6) is -0.878. The van der Waals surface area contributed by atoms with Crippen LogP contribution in [0.4, 0.5) is 0 Å². The molecule has 0 bridgehead atoms. The standard InChI is InChI=1S/C30H44O8/c1-29(2,13-5-11-27(33)37-19-21-9-7-15-35-21)23-17-26(32)24(18-25(23)31)30(3,4)14-6-12-28(34)38-20-22-10-8-16-36-22/h17-18,21-22H,5-16,19-20H2,1-4H3. The first kappa shape index (κ1) is 30.2. The maximum atomic E-state index is 13.1. The molecule has 0 spiro atoms. The van der Waals surface area contributed by atoms with Crippen LogP contribution in [0.1, 0.15) is 91.9 Å². The van der Waals surface area contributed by atoms with Crippen LogP contribution < -0.4 is 0 Å². The molecule has 2 unspecified atom stereocenters. The molecule has 0 N–H and O–H groups in total. The fourth-order valence-corrected chi connectivity index (χ4v) is 5.30. The Bertz CT molecular complexity index is 854. The van der Waals surface area contributed by atoms with Crippen LogP contribution in [0.3, 0.4) is 0 Å². The van der Waals surface area contributed by atoms with Gasteiger partial charge in [-0.3, -0.25) is 19.2 Å². The minimum Gasteiger partial charge on any atom is -0.463 e. The van der Waals surface area contributed by atoms with Gasteiger partial charge >= 0.3 is 11.9 Å². The van der Waals surface area contributed by atoms with Crippen molar-refractivity contribution in [1.29, 1.82) is 0 Å². The summed E-state index contributed by atoms with van der Waals surface area (Å²) in [6.45, 7) is 9.72. The Hall–Kier alpha value is -2.32. The van der Waals surface area contributed by atoms with E-state index in [0.29, 0.717) is 50.0 Å². The zero-order valence-electron chi connectivity index (χ0n) is 23.5. The summed E-state index contributed by atoms with van der Waals surface area (Å²) in [5.41, 5.74) is -0.179. The van der Waals surface area contributed by atoms with E-state index in [9.17, 15) is 19.2 Å². The van der Waals surface area contributed by atoms with Gasteiger partial charge in [-0.15, -0.1) is 0 Å². The van der Waals surface area contributed by atoms with E-state index in [1.165, 1.54) is 12.2 Å². The Labute approximate surface area is 226 Å². The van der Waals surface area contributed by atoms with Gasteiger partial charge in [0.25, 0.3) is 0 Å². The number of hydrogen-bond acceptors (Lipinski definition) is 8. The number of ether oxygens (including phenoxy) is 4. The van der Waals surface area contributed by atoms with Crippen LogP contribution in [0.2, 0.25) is 0 Å². The maximum absolute atomic E-state index is 13.1. The number of carbonyl (C=O) groups excluding carboxylic acids is 4. The lowest BCUT2D eigenvalue weighted by Gasteiger charge is -2.32. The number of carbonyl (C=O) groups is 4. The topological polar surface area (TPSA) is 105 Å². The quantitative estimate of drug-likeness (QED) is 0.231. The maximum Gasteiger partial charge on any atom is 0.305 e. The Balaban J connectivity index is 1.44. The monoisotopic (exact) mass is 532 g/mol. The Morgan fingerprint density at radius 1 is 0.763 bits per heavy atom. The van der Waals surface area contributed by atoms with Gasteiger partial charge in [0.2, 0.25) is 0 Å². The summed E-state index contributed by atoms with van der Waals surface area (Å²) in [6, 6.07) is 0. The van der Waals surface area contributed by atoms with Gasteiger partial charge in [-0.2, -0.15) is 0 Å². The summed E-state index contributed by atoms with van der Waals surface area (Å²) < 4.78 is 21.6. The minimum absolute atomic E-state index is 0.00200. The van der Waals surface area contributed by atoms with E-state index in [-0.39, 0.29) is 48.6 Å². The van der Waals surface area contributed by atoms with Gasteiger partial charge in [0.05, 0.1) is 12.2 Å². The Morgan fingerprint density at radius 3 is 1.50 bits per heavy atom. The van der Waals surface area contributed by atoms with Crippen molar-refractivity contribution in [2.45, 2.75) is 104 Å². The molecule has 212 valence electrons. The average Bonchev–Trinajstić information content (AvgIpc) is 3.57. The first-order valence-electron chi connectivity index (χ1n) is 14.1. The second-order valence-electron chi connectivity index (χ2n) is 12.0. The first-order chi connectivity index (χ1) is 18.0. The van der Waals surface area contributed by atoms with Crippen LogP contribution in [0.25, 0.3) is 0 Å². The molecule has 2 saturated heterocycles. The molecular formula is C30H44O8. The Morgan fingerprint density at radius 2 is 1.16 bits per heavy atom. The molecule has 0 amide bonds. The molecule has 8 nitrogen and oxygen atoms in total. The molecule has 0 aromatic heterocycles. The number of esters is 2. The van der Waals surface area contributed by atoms with Crippen molar-refractivity contribution < 1.29 is 38.1 Å². The average molecular weight is 533 g/mol. The zero-order chi connectivity index (χ0) is 27.8. The van der Waals surface area contributed by atoms with Gasteiger partial charge in [-0.05, 0) is 74.3 Å². The molecule has 0 radical (unpaired) electrons. The van der Waals surface area contributed by atoms with Crippen LogP contribution >= 0.6 is 0 Å². The van der Waals surface area contributed by atoms with Gasteiger partial charge < -0.3 is 18.9 Å². The molecule has 1 aliphatic carbocycles. The molecule has 3 aliphatic rings. The van der Waals surface area contributed by atoms with E-state index in [1.807, 2.05) is 27.7 Å². The molecule has 2 heterocycles. The van der Waals surface area contributed by atoms with Gasteiger partial charge in [-0.1, -0.05) is 27.7 Å². The smallest absolute Gasteiger partial charge is 0.305 e. The second-order valence-corrected chi connectivity index (χ2v) is 12.0. The number of hydrogen-bond donors (Lipinski definition) is 0. The number of ketones is 2. The van der Waals surface area contributed by atoms with E-state index in [0.717, 1.165) is 38.9 Å². The van der Waals surface area contributed by atoms with E-state index in [4.69, 9.17) is 18.9 Å². The summed E-state index contributed by atoms with van der Waals surface area (Å²) in [5, 5.41) is 0. The van der Waals surface area contributed by atoms with Gasteiger partial charge in [0.1, 0.15) is 13.2 Å². The third kappa shape index (κ3) is 8.87. The first-order valence-corrected chi connectivity index (χ1v) is 14.1. The number of rotatable bonds is 14. The molecular weight excluding hydrogens is 488 g/mol. The highest BCUT2D eigenvalue weighted by atomic mass is 16.6. The third-order valence-electron chi connectivity index (χ3n) is 7.81. The third-order valence-corrected chi connectivity index (χ3v) is 7.81. The van der Waals surface area contributed by atoms with Crippen molar-refractivity contribution in [3.8, 4) is 0 Å². The van der Waals surface area contributed by atoms with Crippen LogP contribution in [0.5, 0.6) is 0 Å². The molecule has 0 aromatic rings. The van der Waals surface area contributed by atoms with Crippen molar-refractivity contribution in [2.24, 2.45) is 10.8 Å². The highest BCUT2D eigenvalue weighted by molar-refractivity contribution is 6.20. The number of allylic oxidation sites excluding steroid dienone is 4. The molecule has 2 aliphatic heterocycles. The molecule has 8 heteroatoms. The van der Waals surface area contributed by atoms with E-state index >= 15 is 0 Å². The van der Waals surface area contributed by atoms with Crippen LogP contribution in [-0.4, -0.2) is 62.1 Å². The fourth-order valence-electron chi connectivity index (χ4n) is 5.30. The van der Waals surface area contributed by atoms with Crippen LogP contribution in [0, 0.1) is 10.8 Å². The molecule has 0 aromatic carbocycles. The largest absolute Gasteiger partial charge is 0.463 e. The van der Waals surface area contributed by atoms with Gasteiger partial charge in [0, 0.05) is 37.2 Å². The van der Waals surface area contributed by atoms with Crippen molar-refractivity contribution in [2.75, 3.05) is 26.4 Å². The van der Waals surface area contributed by atoms with Crippen molar-refractivity contribution in [3.63, 3.8) is 0 Å². The Kier molecular flexibility index (Phi) is 10.9. The molecule has 2 fully saturated rings. The van der Waals surface area contributed by atoms with Crippen LogP contribution in [-0.2, 0) is 38.1 Å². The zero-order valence-corrected chi connectivity index (χ0v) is 23.5. The van der Waals surface area contributed by atoms with Gasteiger partial charge in [0.15, 0.2) is 11.6 Å². The molecule has 2 atom stereocenters. The normalized spacial score (nSPS) is 22.3. The van der Waals surface area contributed by atoms with Gasteiger partial charge in [-0.25, -0.2) is 0 Å². The second kappa shape index (κ2) is 13.7. The highest BCUT2D eigenvalue weighted by Crippen LogP contribution is 2.40. The minimum atomic E-state index is -0.555. The summed E-state index contributed by atoms with van der Waals surface area (Å²) in [4.78, 5) is 50.4. The predicted molar refractivity (Wildman–Crippen MR) is 141 cm³/mol. The predicted octanol–water partition coefficient (Wildman–Crippen LogP) is 4.83. The molecule has 3 rings (SSSR count). The highest BCUT2D eigenvalue weighted by Gasteiger charge is 2.36. The van der Waals surface area contributed by atoms with Crippen molar-refractivity contribution in [3.05, 3.63) is 23.3 Å². The molecule has 38 heavy (non-hydrogen) atoms. The SMILES string of the molecule is CC(C)(CCCC(=O)OCC1CCCO1)C1=CC(=O)C(C(C)(C)CCCC(=O)OCC2CCCO2)=CC1=O.